The molecule has 0 saturated heterocycles. The minimum atomic E-state index is 0.110. The van der Waals surface area contributed by atoms with Crippen molar-refractivity contribution in [2.45, 2.75) is 206 Å². The maximum Gasteiger partial charge on any atom is 0.221 e. The van der Waals surface area contributed by atoms with E-state index in [4.69, 9.17) is 5.73 Å². The lowest BCUT2D eigenvalue weighted by Gasteiger charge is -2.21. The quantitative estimate of drug-likeness (QED) is 0.0580. The molecule has 46 heavy (non-hydrogen) atoms. The zero-order valence-corrected chi connectivity index (χ0v) is 31.3. The van der Waals surface area contributed by atoms with Crippen molar-refractivity contribution < 1.29 is 9.59 Å². The first-order valence-corrected chi connectivity index (χ1v) is 20.6. The van der Waals surface area contributed by atoms with E-state index in [1.54, 1.807) is 0 Å². The summed E-state index contributed by atoms with van der Waals surface area (Å²) in [6.07, 6.45) is 38.6. The molecule has 4 N–H and O–H groups in total. The Morgan fingerprint density at radius 2 is 0.674 bits per heavy atom. The molecule has 2 amide bonds. The maximum absolute atomic E-state index is 12.3. The second kappa shape index (κ2) is 38.3. The van der Waals surface area contributed by atoms with E-state index in [1.165, 1.54) is 167 Å². The second-order valence-electron chi connectivity index (χ2n) is 14.0. The average molecular weight is 651 g/mol. The number of nitrogens with zero attached hydrogens (tertiary/aromatic N) is 1. The highest BCUT2D eigenvalue weighted by Crippen LogP contribution is 2.14. The van der Waals surface area contributed by atoms with Crippen LogP contribution < -0.4 is 16.4 Å². The lowest BCUT2D eigenvalue weighted by atomic mass is 10.0. The molecule has 0 atom stereocenters. The number of carbonyl (C=O) groups excluding carboxylic acids is 2. The highest BCUT2D eigenvalue weighted by Gasteiger charge is 2.10. The second-order valence-corrected chi connectivity index (χ2v) is 14.0. The third kappa shape index (κ3) is 35.7. The summed E-state index contributed by atoms with van der Waals surface area (Å²) in [4.78, 5) is 26.8. The summed E-state index contributed by atoms with van der Waals surface area (Å²) in [7, 11) is 0. The predicted molar refractivity (Wildman–Crippen MR) is 201 cm³/mol. The van der Waals surface area contributed by atoms with Gasteiger partial charge in [0, 0.05) is 52.1 Å². The SMILES string of the molecule is CCCCCCCCCCCCCCCCNC(=O)CCN(CCN)CCC(=O)NCCCCCCCCCCCCCCCC. The van der Waals surface area contributed by atoms with Gasteiger partial charge in [0.1, 0.15) is 0 Å². The van der Waals surface area contributed by atoms with Crippen LogP contribution in [0.2, 0.25) is 0 Å². The van der Waals surface area contributed by atoms with Gasteiger partial charge in [-0.15, -0.1) is 0 Å². The summed E-state index contributed by atoms with van der Waals surface area (Å²) in [5, 5.41) is 6.17. The molecule has 0 aromatic heterocycles. The first kappa shape index (κ1) is 44.9. The van der Waals surface area contributed by atoms with E-state index in [0.29, 0.717) is 32.5 Å². The van der Waals surface area contributed by atoms with E-state index in [-0.39, 0.29) is 11.8 Å². The van der Waals surface area contributed by atoms with Crippen molar-refractivity contribution in [2.24, 2.45) is 5.73 Å². The Labute approximate surface area is 287 Å². The summed E-state index contributed by atoms with van der Waals surface area (Å²) in [6, 6.07) is 0. The van der Waals surface area contributed by atoms with Crippen molar-refractivity contribution >= 4 is 11.8 Å². The van der Waals surface area contributed by atoms with E-state index in [1.807, 2.05) is 0 Å². The summed E-state index contributed by atoms with van der Waals surface area (Å²) >= 11 is 0. The van der Waals surface area contributed by atoms with E-state index < -0.39 is 0 Å². The van der Waals surface area contributed by atoms with Gasteiger partial charge >= 0.3 is 0 Å². The van der Waals surface area contributed by atoms with Gasteiger partial charge in [-0.2, -0.15) is 0 Å². The number of nitrogens with one attached hydrogen (secondary N) is 2. The summed E-state index contributed by atoms with van der Waals surface area (Å²) < 4.78 is 0. The molecule has 274 valence electrons. The molecular weight excluding hydrogens is 568 g/mol. The highest BCUT2D eigenvalue weighted by atomic mass is 16.2. The standard InChI is InChI=1S/C40H82N4O2/c1-3-5-7-9-11-13-15-17-19-21-23-25-27-29-34-42-39(45)31-36-44(38-33-41)37-32-40(46)43-35-30-28-26-24-22-20-18-16-14-12-10-8-6-4-2/h3-38,41H2,1-2H3,(H,42,45)(H,43,46). The van der Waals surface area contributed by atoms with Crippen molar-refractivity contribution in [2.75, 3.05) is 39.3 Å². The Bertz CT molecular complexity index is 580. The van der Waals surface area contributed by atoms with E-state index in [2.05, 4.69) is 29.4 Å². The predicted octanol–water partition coefficient (Wildman–Crippen LogP) is 10.2. The zero-order valence-electron chi connectivity index (χ0n) is 31.3. The molecule has 0 heterocycles. The van der Waals surface area contributed by atoms with Gasteiger partial charge in [0.2, 0.25) is 11.8 Å². The van der Waals surface area contributed by atoms with Gasteiger partial charge in [0.25, 0.3) is 0 Å². The number of nitrogens with two attached hydrogens (primary N) is 1. The molecule has 0 aliphatic carbocycles. The van der Waals surface area contributed by atoms with Crippen molar-refractivity contribution in [3.63, 3.8) is 0 Å². The Morgan fingerprint density at radius 1 is 0.413 bits per heavy atom. The van der Waals surface area contributed by atoms with Gasteiger partial charge < -0.3 is 21.3 Å². The minimum Gasteiger partial charge on any atom is -0.356 e. The Balaban J connectivity index is 3.58. The molecule has 0 aromatic rings. The first-order chi connectivity index (χ1) is 22.6. The van der Waals surface area contributed by atoms with Crippen LogP contribution in [0.3, 0.4) is 0 Å². The summed E-state index contributed by atoms with van der Waals surface area (Å²) in [5.74, 6) is 0.220. The van der Waals surface area contributed by atoms with Crippen LogP contribution in [0.5, 0.6) is 0 Å². The van der Waals surface area contributed by atoms with Crippen LogP contribution in [-0.4, -0.2) is 56.0 Å². The topological polar surface area (TPSA) is 87.5 Å². The van der Waals surface area contributed by atoms with Gasteiger partial charge in [0.05, 0.1) is 0 Å². The van der Waals surface area contributed by atoms with E-state index in [9.17, 15) is 9.59 Å². The number of hydrogen-bond donors (Lipinski definition) is 3. The van der Waals surface area contributed by atoms with Crippen LogP contribution >= 0.6 is 0 Å². The molecule has 0 aromatic carbocycles. The number of amides is 2. The fourth-order valence-electron chi connectivity index (χ4n) is 6.31. The van der Waals surface area contributed by atoms with Gasteiger partial charge in [-0.1, -0.05) is 181 Å². The molecule has 0 rings (SSSR count). The number of unbranched alkanes of at least 4 members (excludes halogenated alkanes) is 26. The lowest BCUT2D eigenvalue weighted by Crippen LogP contribution is -2.37. The molecule has 0 aliphatic rings. The molecule has 0 saturated carbocycles. The summed E-state index contributed by atoms with van der Waals surface area (Å²) in [5.41, 5.74) is 5.80. The Hall–Kier alpha value is -1.14. The average Bonchev–Trinajstić information content (AvgIpc) is 3.06. The van der Waals surface area contributed by atoms with Crippen molar-refractivity contribution in [3.05, 3.63) is 0 Å². The third-order valence-electron chi connectivity index (χ3n) is 9.46. The normalized spacial score (nSPS) is 11.4. The Morgan fingerprint density at radius 3 is 0.935 bits per heavy atom. The van der Waals surface area contributed by atoms with Crippen molar-refractivity contribution in [3.8, 4) is 0 Å². The monoisotopic (exact) mass is 651 g/mol. The summed E-state index contributed by atoms with van der Waals surface area (Å²) in [6.45, 7) is 8.69. The van der Waals surface area contributed by atoms with Crippen LogP contribution in [0, 0.1) is 0 Å². The fraction of sp³-hybridized carbons (Fsp3) is 0.950. The lowest BCUT2D eigenvalue weighted by molar-refractivity contribution is -0.121. The molecule has 0 unspecified atom stereocenters. The third-order valence-corrected chi connectivity index (χ3v) is 9.46. The molecule has 0 bridgehead atoms. The van der Waals surface area contributed by atoms with Crippen molar-refractivity contribution in [1.82, 2.24) is 15.5 Å². The van der Waals surface area contributed by atoms with Crippen molar-refractivity contribution in [1.29, 1.82) is 0 Å². The highest BCUT2D eigenvalue weighted by molar-refractivity contribution is 5.76. The first-order valence-electron chi connectivity index (χ1n) is 20.6. The Kier molecular flexibility index (Phi) is 37.4. The fourth-order valence-corrected chi connectivity index (χ4v) is 6.31. The van der Waals surface area contributed by atoms with Crippen LogP contribution in [0.25, 0.3) is 0 Å². The zero-order chi connectivity index (χ0) is 33.6. The van der Waals surface area contributed by atoms with Crippen LogP contribution in [-0.2, 0) is 9.59 Å². The van der Waals surface area contributed by atoms with Crippen LogP contribution in [0.4, 0.5) is 0 Å². The van der Waals surface area contributed by atoms with Gasteiger partial charge in [-0.25, -0.2) is 0 Å². The van der Waals surface area contributed by atoms with E-state index in [0.717, 1.165) is 32.5 Å². The number of hydrogen-bond acceptors (Lipinski definition) is 4. The van der Waals surface area contributed by atoms with Gasteiger partial charge in [0.15, 0.2) is 0 Å². The largest absolute Gasteiger partial charge is 0.356 e. The number of rotatable bonds is 38. The van der Waals surface area contributed by atoms with Crippen LogP contribution in [0.1, 0.15) is 206 Å². The maximum atomic E-state index is 12.3. The molecule has 6 heteroatoms. The molecule has 0 radical (unpaired) electrons. The smallest absolute Gasteiger partial charge is 0.221 e. The number of carbonyl (C=O) groups is 2. The minimum absolute atomic E-state index is 0.110. The molecular formula is C40H82N4O2. The van der Waals surface area contributed by atoms with Gasteiger partial charge in [-0.05, 0) is 12.8 Å². The molecule has 0 aliphatic heterocycles. The molecule has 0 spiro atoms. The van der Waals surface area contributed by atoms with Crippen LogP contribution in [0.15, 0.2) is 0 Å². The molecule has 6 nitrogen and oxygen atoms in total. The molecule has 0 fully saturated rings. The van der Waals surface area contributed by atoms with E-state index >= 15 is 0 Å². The van der Waals surface area contributed by atoms with Gasteiger partial charge in [-0.3, -0.25) is 9.59 Å².